The Hall–Kier alpha value is -2.61. The largest absolute Gasteiger partial charge is 0.351 e. The average molecular weight is 483 g/mol. The number of amides is 1. The molecule has 1 aromatic carbocycles. The number of nitrogens with one attached hydrogen (secondary N) is 1. The van der Waals surface area contributed by atoms with Crippen LogP contribution < -0.4 is 10.2 Å². The number of aromatic nitrogens is 2. The van der Waals surface area contributed by atoms with Crippen LogP contribution in [0.4, 0.5) is 5.95 Å². The number of hydrogen-bond acceptors (Lipinski definition) is 8. The Balaban J connectivity index is 1.50. The van der Waals surface area contributed by atoms with Crippen LogP contribution in [0.2, 0.25) is 0 Å². The summed E-state index contributed by atoms with van der Waals surface area (Å²) in [4.78, 5) is 22.7. The van der Waals surface area contributed by atoms with Gasteiger partial charge >= 0.3 is 0 Å². The molecule has 1 aromatic heterocycles. The fourth-order valence-corrected chi connectivity index (χ4v) is 5.37. The van der Waals surface area contributed by atoms with E-state index in [0.29, 0.717) is 32.1 Å². The fraction of sp³-hybridized carbons (Fsp3) is 0.421. The molecule has 2 aromatic rings. The lowest BCUT2D eigenvalue weighted by Crippen LogP contribution is -2.50. The zero-order valence-electron chi connectivity index (χ0n) is 17.9. The third-order valence-electron chi connectivity index (χ3n) is 5.01. The van der Waals surface area contributed by atoms with Gasteiger partial charge in [0.15, 0.2) is 0 Å². The number of hydrogen-bond donors (Lipinski definition) is 1. The summed E-state index contributed by atoms with van der Waals surface area (Å²) in [7, 11) is -4.28. The highest BCUT2D eigenvalue weighted by Crippen LogP contribution is 2.15. The Morgan fingerprint density at radius 3 is 2.16 bits per heavy atom. The smallest absolute Gasteiger partial charge is 0.251 e. The normalized spacial score (nSPS) is 15.7. The van der Waals surface area contributed by atoms with E-state index in [1.807, 2.05) is 4.90 Å². The molecule has 13 heteroatoms. The first-order chi connectivity index (χ1) is 15.1. The predicted molar refractivity (Wildman–Crippen MR) is 119 cm³/mol. The van der Waals surface area contributed by atoms with Crippen molar-refractivity contribution in [2.45, 2.75) is 4.90 Å². The van der Waals surface area contributed by atoms with Gasteiger partial charge in [0.1, 0.15) is 0 Å². The van der Waals surface area contributed by atoms with Gasteiger partial charge in [0, 0.05) is 64.8 Å². The highest BCUT2D eigenvalue weighted by molar-refractivity contribution is 7.89. The van der Waals surface area contributed by atoms with Crippen LogP contribution >= 0.6 is 0 Å². The van der Waals surface area contributed by atoms with Crippen molar-refractivity contribution in [1.82, 2.24) is 23.9 Å². The minimum atomic E-state index is -3.58. The van der Waals surface area contributed by atoms with Gasteiger partial charge in [-0.05, 0) is 30.3 Å². The first kappa shape index (κ1) is 24.0. The molecule has 11 nitrogen and oxygen atoms in total. The molecule has 0 bridgehead atoms. The standard InChI is InChI=1S/C19H26N6O5S2/c1-23(2)32(29,30)17-6-4-16(5-7-17)18(26)20-10-15-31(27,28)25-13-11-24(12-14-25)19-21-8-3-9-22-19/h3-9H,10-15H2,1-2H3,(H,20,26). The van der Waals surface area contributed by atoms with Gasteiger partial charge in [-0.3, -0.25) is 4.79 Å². The molecule has 0 radical (unpaired) electrons. The summed E-state index contributed by atoms with van der Waals surface area (Å²) < 4.78 is 51.9. The number of nitrogens with zero attached hydrogens (tertiary/aromatic N) is 5. The maximum atomic E-state index is 12.6. The van der Waals surface area contributed by atoms with Crippen molar-refractivity contribution in [3.63, 3.8) is 0 Å². The third-order valence-corrected chi connectivity index (χ3v) is 8.71. The van der Waals surface area contributed by atoms with Gasteiger partial charge in [0.2, 0.25) is 26.0 Å². The summed E-state index contributed by atoms with van der Waals surface area (Å²) in [6.07, 6.45) is 3.28. The predicted octanol–water partition coefficient (Wildman–Crippen LogP) is -0.391. The summed E-state index contributed by atoms with van der Waals surface area (Å²) in [5, 5.41) is 2.57. The molecule has 0 atom stereocenters. The van der Waals surface area contributed by atoms with E-state index in [1.165, 1.54) is 42.7 Å². The molecule has 3 rings (SSSR count). The summed E-state index contributed by atoms with van der Waals surface area (Å²) in [6.45, 7) is 1.54. The summed E-state index contributed by atoms with van der Waals surface area (Å²) in [6, 6.07) is 7.20. The average Bonchev–Trinajstić information content (AvgIpc) is 2.79. The molecule has 1 fully saturated rings. The van der Waals surface area contributed by atoms with Crippen LogP contribution in [0.25, 0.3) is 0 Å². The summed E-state index contributed by atoms with van der Waals surface area (Å²) in [5.41, 5.74) is 0.247. The van der Waals surface area contributed by atoms with Crippen LogP contribution in [0.3, 0.4) is 0 Å². The van der Waals surface area contributed by atoms with E-state index in [1.54, 1.807) is 18.5 Å². The molecule has 1 aliphatic heterocycles. The van der Waals surface area contributed by atoms with E-state index < -0.39 is 26.0 Å². The van der Waals surface area contributed by atoms with E-state index in [0.717, 1.165) is 4.31 Å². The Labute approximate surface area is 188 Å². The first-order valence-corrected chi connectivity index (χ1v) is 13.0. The molecule has 0 saturated carbocycles. The van der Waals surface area contributed by atoms with Crippen LogP contribution in [0.1, 0.15) is 10.4 Å². The zero-order chi connectivity index (χ0) is 23.4. The van der Waals surface area contributed by atoms with Crippen molar-refractivity contribution < 1.29 is 21.6 Å². The second-order valence-corrected chi connectivity index (χ2v) is 11.6. The van der Waals surface area contributed by atoms with Crippen LogP contribution in [0.15, 0.2) is 47.6 Å². The van der Waals surface area contributed by atoms with Gasteiger partial charge < -0.3 is 10.2 Å². The second-order valence-electron chi connectivity index (χ2n) is 7.32. The molecule has 174 valence electrons. The maximum absolute atomic E-state index is 12.6. The highest BCUT2D eigenvalue weighted by atomic mass is 32.2. The SMILES string of the molecule is CN(C)S(=O)(=O)c1ccc(C(=O)NCCS(=O)(=O)N2CCN(c3ncccn3)CC2)cc1. The summed E-state index contributed by atoms with van der Waals surface area (Å²) >= 11 is 0. The van der Waals surface area contributed by atoms with Gasteiger partial charge in [-0.25, -0.2) is 31.1 Å². The zero-order valence-corrected chi connectivity index (χ0v) is 19.5. The quantitative estimate of drug-likeness (QED) is 0.538. The van der Waals surface area contributed by atoms with Gasteiger partial charge in [0.25, 0.3) is 5.91 Å². The second kappa shape index (κ2) is 9.90. The van der Waals surface area contributed by atoms with Crippen molar-refractivity contribution in [2.75, 3.05) is 57.5 Å². The minimum Gasteiger partial charge on any atom is -0.351 e. The molecular weight excluding hydrogens is 456 g/mol. The van der Waals surface area contributed by atoms with Crippen LogP contribution in [0.5, 0.6) is 0 Å². The summed E-state index contributed by atoms with van der Waals surface area (Å²) in [5.74, 6) is -0.130. The molecule has 0 unspecified atom stereocenters. The topological polar surface area (TPSA) is 133 Å². The van der Waals surface area contributed by atoms with Crippen molar-refractivity contribution in [3.8, 4) is 0 Å². The third kappa shape index (κ3) is 5.59. The molecule has 1 aliphatic rings. The Morgan fingerprint density at radius 2 is 1.59 bits per heavy atom. The lowest BCUT2D eigenvalue weighted by molar-refractivity contribution is 0.0956. The molecule has 0 spiro atoms. The molecule has 1 saturated heterocycles. The van der Waals surface area contributed by atoms with Gasteiger partial charge in [-0.2, -0.15) is 4.31 Å². The number of carbonyl (C=O) groups excluding carboxylic acids is 1. The molecule has 1 amide bonds. The van der Waals surface area contributed by atoms with Gasteiger partial charge in [0.05, 0.1) is 10.6 Å². The molecular formula is C19H26N6O5S2. The lowest BCUT2D eigenvalue weighted by atomic mass is 10.2. The van der Waals surface area contributed by atoms with E-state index in [-0.39, 0.29) is 22.8 Å². The molecule has 1 N–H and O–H groups in total. The van der Waals surface area contributed by atoms with E-state index in [4.69, 9.17) is 0 Å². The number of anilines is 1. The van der Waals surface area contributed by atoms with Crippen molar-refractivity contribution in [2.24, 2.45) is 0 Å². The molecule has 0 aliphatic carbocycles. The van der Waals surface area contributed by atoms with E-state index in [2.05, 4.69) is 15.3 Å². The Kier molecular flexibility index (Phi) is 7.44. The Morgan fingerprint density at radius 1 is 1.00 bits per heavy atom. The van der Waals surface area contributed by atoms with Gasteiger partial charge in [-0.1, -0.05) is 0 Å². The van der Waals surface area contributed by atoms with Crippen LogP contribution in [-0.4, -0.2) is 93.9 Å². The van der Waals surface area contributed by atoms with Crippen molar-refractivity contribution in [3.05, 3.63) is 48.3 Å². The first-order valence-electron chi connectivity index (χ1n) is 9.92. The Bertz CT molecular complexity index is 1130. The van der Waals surface area contributed by atoms with E-state index >= 15 is 0 Å². The lowest BCUT2D eigenvalue weighted by Gasteiger charge is -2.33. The monoisotopic (exact) mass is 482 g/mol. The minimum absolute atomic E-state index is 0.0546. The maximum Gasteiger partial charge on any atom is 0.251 e. The van der Waals surface area contributed by atoms with Crippen LogP contribution in [0, 0.1) is 0 Å². The number of rotatable bonds is 8. The highest BCUT2D eigenvalue weighted by Gasteiger charge is 2.27. The fourth-order valence-electron chi connectivity index (χ4n) is 3.13. The number of carbonyl (C=O) groups is 1. The van der Waals surface area contributed by atoms with Gasteiger partial charge in [-0.15, -0.1) is 0 Å². The van der Waals surface area contributed by atoms with E-state index in [9.17, 15) is 21.6 Å². The van der Waals surface area contributed by atoms with Crippen LogP contribution in [-0.2, 0) is 20.0 Å². The molecule has 2 heterocycles. The van der Waals surface area contributed by atoms with Crippen molar-refractivity contribution >= 4 is 31.9 Å². The molecule has 32 heavy (non-hydrogen) atoms. The number of sulfonamides is 2. The number of benzene rings is 1. The number of piperazine rings is 1. The van der Waals surface area contributed by atoms with Crippen molar-refractivity contribution in [1.29, 1.82) is 0 Å².